The molecule has 1 aromatic rings. The van der Waals surface area contributed by atoms with Gasteiger partial charge in [0.15, 0.2) is 11.3 Å². The molecule has 1 N–H and O–H groups in total. The van der Waals surface area contributed by atoms with E-state index in [9.17, 15) is 14.7 Å². The fourth-order valence-electron chi connectivity index (χ4n) is 8.47. The molecule has 2 bridgehead atoms. The van der Waals surface area contributed by atoms with Gasteiger partial charge in [0, 0.05) is 30.8 Å². The fourth-order valence-corrected chi connectivity index (χ4v) is 8.47. The van der Waals surface area contributed by atoms with Gasteiger partial charge in [-0.15, -0.1) is 0 Å². The van der Waals surface area contributed by atoms with Crippen LogP contribution in [0.4, 0.5) is 5.69 Å². The molecular weight excluding hydrogens is 412 g/mol. The lowest BCUT2D eigenvalue weighted by molar-refractivity contribution is -0.251. The average molecular weight is 443 g/mol. The van der Waals surface area contributed by atoms with E-state index in [0.717, 1.165) is 29.8 Å². The Hall–Kier alpha value is -2.32. The molecule has 6 atom stereocenters. The topological polar surface area (TPSA) is 88.5 Å². The summed E-state index contributed by atoms with van der Waals surface area (Å²) in [4.78, 5) is 30.9. The maximum Gasteiger partial charge on any atom is 0.340 e. The number of methoxy groups -OCH3 is 2. The Morgan fingerprint density at radius 1 is 1.34 bits per heavy atom. The summed E-state index contributed by atoms with van der Waals surface area (Å²) in [5.41, 5.74) is -1.29. The summed E-state index contributed by atoms with van der Waals surface area (Å²) in [5, 5.41) is 10.8. The standard InChI is InChI=1S/C24H30N2O6/c1-5-21-12-17(27)18(28)26-10-6-9-22-15-8-7-14(30-3)11-16(15)25(2)19(22)23(13-21,20(29)31-4)32-24(21,22)26/h7-8,11,17,19,27H,5-6,9-10,12-13H2,1-4H3/t17-,19+,21-,22-,23+,24-/m0/s1. The Morgan fingerprint density at radius 2 is 2.12 bits per heavy atom. The fraction of sp³-hybridized carbons (Fsp3) is 0.667. The van der Waals surface area contributed by atoms with Gasteiger partial charge in [0.05, 0.1) is 25.7 Å². The van der Waals surface area contributed by atoms with E-state index in [0.29, 0.717) is 25.8 Å². The van der Waals surface area contributed by atoms with E-state index < -0.39 is 34.2 Å². The molecule has 6 rings (SSSR count). The van der Waals surface area contributed by atoms with Crippen LogP contribution < -0.4 is 9.64 Å². The molecule has 0 aliphatic carbocycles. The second-order valence-electron chi connectivity index (χ2n) is 10.1. The number of fused-ring (bicyclic) bond motifs is 3. The molecule has 172 valence electrons. The number of aliphatic hydroxyl groups is 1. The third-order valence-corrected chi connectivity index (χ3v) is 9.29. The number of hydrogen-bond acceptors (Lipinski definition) is 7. The molecule has 5 heterocycles. The maximum atomic E-state index is 13.5. The van der Waals surface area contributed by atoms with Gasteiger partial charge in [-0.3, -0.25) is 4.79 Å². The van der Waals surface area contributed by atoms with Crippen molar-refractivity contribution in [3.05, 3.63) is 23.8 Å². The van der Waals surface area contributed by atoms with E-state index in [-0.39, 0.29) is 11.9 Å². The van der Waals surface area contributed by atoms with Crippen LogP contribution in [0.5, 0.6) is 5.75 Å². The summed E-state index contributed by atoms with van der Waals surface area (Å²) in [6, 6.07) is 5.72. The highest BCUT2D eigenvalue weighted by molar-refractivity contribution is 5.90. The summed E-state index contributed by atoms with van der Waals surface area (Å²) in [6.45, 7) is 2.59. The number of amides is 1. The van der Waals surface area contributed by atoms with E-state index in [2.05, 4.69) is 17.9 Å². The first kappa shape index (κ1) is 20.3. The van der Waals surface area contributed by atoms with Gasteiger partial charge in [0.25, 0.3) is 5.91 Å². The lowest BCUT2D eigenvalue weighted by Gasteiger charge is -2.65. The van der Waals surface area contributed by atoms with Gasteiger partial charge in [-0.05, 0) is 43.7 Å². The largest absolute Gasteiger partial charge is 0.497 e. The summed E-state index contributed by atoms with van der Waals surface area (Å²) >= 11 is 0. The van der Waals surface area contributed by atoms with Crippen molar-refractivity contribution < 1.29 is 28.9 Å². The summed E-state index contributed by atoms with van der Waals surface area (Å²) in [5.74, 6) is 0.0508. The number of carbonyl (C=O) groups is 2. The number of ether oxygens (including phenoxy) is 3. The molecule has 1 aromatic carbocycles. The van der Waals surface area contributed by atoms with E-state index in [4.69, 9.17) is 14.2 Å². The van der Waals surface area contributed by atoms with Crippen LogP contribution in [0.25, 0.3) is 0 Å². The predicted octanol–water partition coefficient (Wildman–Crippen LogP) is 1.58. The number of piperidine rings is 2. The van der Waals surface area contributed by atoms with Gasteiger partial charge in [0.1, 0.15) is 11.9 Å². The lowest BCUT2D eigenvalue weighted by atomic mass is 9.46. The van der Waals surface area contributed by atoms with Gasteiger partial charge in [-0.1, -0.05) is 13.0 Å². The Kier molecular flexibility index (Phi) is 3.79. The first-order valence-electron chi connectivity index (χ1n) is 11.5. The van der Waals surface area contributed by atoms with E-state index in [1.165, 1.54) is 7.11 Å². The highest BCUT2D eigenvalue weighted by atomic mass is 16.6. The first-order chi connectivity index (χ1) is 15.3. The molecule has 2 spiro atoms. The Bertz CT molecular complexity index is 1050. The van der Waals surface area contributed by atoms with E-state index >= 15 is 0 Å². The van der Waals surface area contributed by atoms with Crippen molar-refractivity contribution in [3.63, 3.8) is 0 Å². The van der Waals surface area contributed by atoms with Crippen LogP contribution in [-0.4, -0.2) is 73.2 Å². The molecule has 0 unspecified atom stereocenters. The van der Waals surface area contributed by atoms with Gasteiger partial charge >= 0.3 is 5.97 Å². The quantitative estimate of drug-likeness (QED) is 0.711. The minimum atomic E-state index is -1.22. The Labute approximate surface area is 187 Å². The van der Waals surface area contributed by atoms with Gasteiger partial charge in [-0.25, -0.2) is 4.79 Å². The normalized spacial score (nSPS) is 43.1. The molecule has 5 aliphatic heterocycles. The number of aliphatic hydroxyl groups excluding tert-OH is 1. The van der Waals surface area contributed by atoms with Crippen molar-refractivity contribution in [2.75, 3.05) is 32.7 Å². The van der Waals surface area contributed by atoms with Crippen molar-refractivity contribution in [3.8, 4) is 5.75 Å². The predicted molar refractivity (Wildman–Crippen MR) is 114 cm³/mol. The Morgan fingerprint density at radius 3 is 2.81 bits per heavy atom. The lowest BCUT2D eigenvalue weighted by Crippen LogP contribution is -2.79. The Balaban J connectivity index is 1.71. The SMILES string of the molecule is CC[C@]12C[C@H](O)C(=O)N3CCC[C@]45c6ccc(OC)cc6N(C)[C@H]4[C@@](C(=O)OC)(C1)O[C@@]325. The highest BCUT2D eigenvalue weighted by Gasteiger charge is 2.91. The first-order valence-corrected chi connectivity index (χ1v) is 11.5. The van der Waals surface area contributed by atoms with Crippen LogP contribution >= 0.6 is 0 Å². The molecule has 8 heteroatoms. The minimum Gasteiger partial charge on any atom is -0.497 e. The van der Waals surface area contributed by atoms with Crippen LogP contribution in [0, 0.1) is 5.41 Å². The highest BCUT2D eigenvalue weighted by Crippen LogP contribution is 2.78. The summed E-state index contributed by atoms with van der Waals surface area (Å²) in [7, 11) is 5.04. The van der Waals surface area contributed by atoms with E-state index in [1.54, 1.807) is 12.0 Å². The van der Waals surface area contributed by atoms with Crippen molar-refractivity contribution in [2.45, 2.75) is 67.9 Å². The second-order valence-corrected chi connectivity index (χ2v) is 10.1. The molecule has 0 radical (unpaired) electrons. The number of esters is 1. The number of hydrogen-bond donors (Lipinski definition) is 1. The van der Waals surface area contributed by atoms with Crippen LogP contribution in [0.1, 0.15) is 44.6 Å². The molecule has 32 heavy (non-hydrogen) atoms. The molecule has 8 nitrogen and oxygen atoms in total. The monoisotopic (exact) mass is 442 g/mol. The van der Waals surface area contributed by atoms with Crippen LogP contribution in [0.2, 0.25) is 0 Å². The molecule has 1 amide bonds. The number of carbonyl (C=O) groups excluding carboxylic acids is 2. The third-order valence-electron chi connectivity index (χ3n) is 9.29. The zero-order valence-corrected chi connectivity index (χ0v) is 19.0. The summed E-state index contributed by atoms with van der Waals surface area (Å²) < 4.78 is 17.8. The number of anilines is 1. The zero-order chi connectivity index (χ0) is 22.7. The van der Waals surface area contributed by atoms with E-state index in [1.807, 2.05) is 19.2 Å². The minimum absolute atomic E-state index is 0.293. The van der Waals surface area contributed by atoms with Crippen LogP contribution in [-0.2, 0) is 24.5 Å². The number of likely N-dealkylation sites (N-methyl/N-ethyl adjacent to an activating group) is 1. The van der Waals surface area contributed by atoms with Gasteiger partial charge in [-0.2, -0.15) is 0 Å². The molecule has 4 fully saturated rings. The van der Waals surface area contributed by atoms with Crippen molar-refractivity contribution in [1.29, 1.82) is 0 Å². The molecule has 0 saturated carbocycles. The van der Waals surface area contributed by atoms with Crippen molar-refractivity contribution in [2.24, 2.45) is 5.41 Å². The van der Waals surface area contributed by atoms with Crippen LogP contribution in [0.15, 0.2) is 18.2 Å². The summed E-state index contributed by atoms with van der Waals surface area (Å²) in [6.07, 6.45) is 1.89. The molecular formula is C24H30N2O6. The molecule has 0 aromatic heterocycles. The van der Waals surface area contributed by atoms with Crippen molar-refractivity contribution >= 4 is 17.6 Å². The number of rotatable bonds is 3. The van der Waals surface area contributed by atoms with Crippen molar-refractivity contribution in [1.82, 2.24) is 4.90 Å². The molecule has 4 saturated heterocycles. The zero-order valence-electron chi connectivity index (χ0n) is 19.0. The maximum absolute atomic E-state index is 13.5. The number of benzene rings is 1. The van der Waals surface area contributed by atoms with Crippen LogP contribution in [0.3, 0.4) is 0 Å². The van der Waals surface area contributed by atoms with Gasteiger partial charge in [0.2, 0.25) is 0 Å². The third kappa shape index (κ3) is 1.76. The molecule has 5 aliphatic rings. The second kappa shape index (κ2) is 5.97. The van der Waals surface area contributed by atoms with Gasteiger partial charge < -0.3 is 29.1 Å². The smallest absolute Gasteiger partial charge is 0.340 e. The number of nitrogens with zero attached hydrogens (tertiary/aromatic N) is 2. The average Bonchev–Trinajstić information content (AvgIpc) is 3.36.